The first-order valence-electron chi connectivity index (χ1n) is 10.7. The van der Waals surface area contributed by atoms with E-state index in [-0.39, 0.29) is 25.4 Å². The molecule has 7 nitrogen and oxygen atoms in total. The van der Waals surface area contributed by atoms with Crippen LogP contribution in [0.25, 0.3) is 0 Å². The van der Waals surface area contributed by atoms with Crippen LogP contribution in [0.3, 0.4) is 0 Å². The quantitative estimate of drug-likeness (QED) is 0.515. The molecule has 0 aliphatic carbocycles. The van der Waals surface area contributed by atoms with E-state index in [9.17, 15) is 13.2 Å². The number of benzene rings is 3. The average Bonchev–Trinajstić information content (AvgIpc) is 2.81. The molecule has 0 spiro atoms. The second-order valence-corrected chi connectivity index (χ2v) is 9.70. The first kappa shape index (κ1) is 22.7. The van der Waals surface area contributed by atoms with E-state index in [2.05, 4.69) is 5.32 Å². The highest BCUT2D eigenvalue weighted by molar-refractivity contribution is 7.92. The molecule has 0 saturated carbocycles. The van der Waals surface area contributed by atoms with Crippen LogP contribution in [0.15, 0.2) is 78.9 Å². The SMILES string of the molecule is Cc1cccc(OCCNC(=O)C2CN(S(=O)(=O)Cc3ccccc3)c3ccccc3O2)c1. The number of hydrogen-bond acceptors (Lipinski definition) is 5. The van der Waals surface area contributed by atoms with Crippen molar-refractivity contribution in [3.05, 3.63) is 90.0 Å². The van der Waals surface area contributed by atoms with Gasteiger partial charge in [-0.1, -0.05) is 54.6 Å². The Labute approximate surface area is 194 Å². The van der Waals surface area contributed by atoms with Crippen molar-refractivity contribution in [2.75, 3.05) is 24.0 Å². The van der Waals surface area contributed by atoms with Gasteiger partial charge < -0.3 is 14.8 Å². The second-order valence-electron chi connectivity index (χ2n) is 7.80. The summed E-state index contributed by atoms with van der Waals surface area (Å²) in [7, 11) is -3.73. The molecule has 1 N–H and O–H groups in total. The minimum absolute atomic E-state index is 0.100. The van der Waals surface area contributed by atoms with Gasteiger partial charge in [0.25, 0.3) is 5.91 Å². The van der Waals surface area contributed by atoms with Crippen molar-refractivity contribution in [3.63, 3.8) is 0 Å². The number of para-hydroxylation sites is 2. The molecule has 172 valence electrons. The number of nitrogens with one attached hydrogen (secondary N) is 1. The lowest BCUT2D eigenvalue weighted by molar-refractivity contribution is -0.127. The van der Waals surface area contributed by atoms with Crippen LogP contribution in [0.1, 0.15) is 11.1 Å². The topological polar surface area (TPSA) is 84.9 Å². The van der Waals surface area contributed by atoms with Gasteiger partial charge in [-0.2, -0.15) is 0 Å². The number of ether oxygens (including phenoxy) is 2. The van der Waals surface area contributed by atoms with Crippen molar-refractivity contribution in [2.45, 2.75) is 18.8 Å². The van der Waals surface area contributed by atoms with Gasteiger partial charge in [-0.05, 0) is 42.3 Å². The van der Waals surface area contributed by atoms with Gasteiger partial charge in [-0.25, -0.2) is 8.42 Å². The molecule has 1 aliphatic rings. The fourth-order valence-electron chi connectivity index (χ4n) is 3.63. The van der Waals surface area contributed by atoms with Crippen LogP contribution in [0, 0.1) is 6.92 Å². The Balaban J connectivity index is 1.42. The Kier molecular flexibility index (Phi) is 6.84. The predicted molar refractivity (Wildman–Crippen MR) is 127 cm³/mol. The molecule has 1 aliphatic heterocycles. The summed E-state index contributed by atoms with van der Waals surface area (Å²) in [4.78, 5) is 12.8. The Hall–Kier alpha value is -3.52. The number of nitrogens with zero attached hydrogens (tertiary/aromatic N) is 1. The number of carbonyl (C=O) groups excluding carboxylic acids is 1. The number of aryl methyl sites for hydroxylation is 1. The minimum atomic E-state index is -3.73. The van der Waals surface area contributed by atoms with E-state index in [0.717, 1.165) is 11.3 Å². The van der Waals surface area contributed by atoms with E-state index >= 15 is 0 Å². The molecule has 3 aromatic carbocycles. The molecule has 1 atom stereocenters. The van der Waals surface area contributed by atoms with Gasteiger partial charge in [0.1, 0.15) is 18.1 Å². The normalized spacial score (nSPS) is 15.3. The molecule has 0 saturated heterocycles. The van der Waals surface area contributed by atoms with Crippen LogP contribution in [0.4, 0.5) is 5.69 Å². The van der Waals surface area contributed by atoms with Crippen molar-refractivity contribution in [2.24, 2.45) is 0 Å². The Bertz CT molecular complexity index is 1210. The Morgan fingerprint density at radius 3 is 2.61 bits per heavy atom. The van der Waals surface area contributed by atoms with Crippen molar-refractivity contribution < 1.29 is 22.7 Å². The second kappa shape index (κ2) is 9.95. The highest BCUT2D eigenvalue weighted by Gasteiger charge is 2.36. The summed E-state index contributed by atoms with van der Waals surface area (Å²) in [6.07, 6.45) is -0.968. The number of sulfonamides is 1. The fraction of sp³-hybridized carbons (Fsp3) is 0.240. The molecule has 0 fully saturated rings. The number of carbonyl (C=O) groups is 1. The van der Waals surface area contributed by atoms with Crippen LogP contribution >= 0.6 is 0 Å². The number of anilines is 1. The predicted octanol–water partition coefficient (Wildman–Crippen LogP) is 3.29. The molecule has 1 unspecified atom stereocenters. The smallest absolute Gasteiger partial charge is 0.263 e. The first-order valence-corrected chi connectivity index (χ1v) is 12.3. The van der Waals surface area contributed by atoms with Crippen LogP contribution < -0.4 is 19.1 Å². The molecule has 33 heavy (non-hydrogen) atoms. The number of hydrogen-bond donors (Lipinski definition) is 1. The van der Waals surface area contributed by atoms with E-state index in [1.165, 1.54) is 4.31 Å². The highest BCUT2D eigenvalue weighted by atomic mass is 32.2. The van der Waals surface area contributed by atoms with Gasteiger partial charge >= 0.3 is 0 Å². The van der Waals surface area contributed by atoms with Gasteiger partial charge in [0.15, 0.2) is 6.10 Å². The van der Waals surface area contributed by atoms with Gasteiger partial charge in [-0.15, -0.1) is 0 Å². The molecule has 1 amide bonds. The molecule has 0 aromatic heterocycles. The largest absolute Gasteiger partial charge is 0.492 e. The molecule has 1 heterocycles. The van der Waals surface area contributed by atoms with Crippen LogP contribution in [0.2, 0.25) is 0 Å². The van der Waals surface area contributed by atoms with Crippen LogP contribution in [-0.4, -0.2) is 40.1 Å². The maximum Gasteiger partial charge on any atom is 0.263 e. The fourth-order valence-corrected chi connectivity index (χ4v) is 5.21. The highest BCUT2D eigenvalue weighted by Crippen LogP contribution is 2.35. The molecule has 3 aromatic rings. The lowest BCUT2D eigenvalue weighted by atomic mass is 10.2. The average molecular weight is 467 g/mol. The number of fused-ring (bicyclic) bond motifs is 1. The third kappa shape index (κ3) is 5.64. The third-order valence-corrected chi connectivity index (χ3v) is 6.93. The number of amides is 1. The van der Waals surface area contributed by atoms with Crippen LogP contribution in [-0.2, 0) is 20.6 Å². The van der Waals surface area contributed by atoms with Gasteiger partial charge in [0.2, 0.25) is 10.0 Å². The summed E-state index contributed by atoms with van der Waals surface area (Å²) >= 11 is 0. The maximum absolute atomic E-state index is 13.2. The standard InChI is InChI=1S/C25H26N2O5S/c1-19-8-7-11-21(16-19)31-15-14-26-25(28)24-17-27(22-12-5-6-13-23(22)32-24)33(29,30)18-20-9-3-2-4-10-20/h2-13,16,24H,14-15,17-18H2,1H3,(H,26,28). The molecular weight excluding hydrogens is 440 g/mol. The lowest BCUT2D eigenvalue weighted by Crippen LogP contribution is -2.51. The Morgan fingerprint density at radius 2 is 1.82 bits per heavy atom. The molecular formula is C25H26N2O5S. The van der Waals surface area contributed by atoms with E-state index < -0.39 is 22.0 Å². The van der Waals surface area contributed by atoms with Crippen molar-refractivity contribution in [1.29, 1.82) is 0 Å². The summed E-state index contributed by atoms with van der Waals surface area (Å²) < 4.78 is 39.3. The zero-order valence-electron chi connectivity index (χ0n) is 18.3. The zero-order valence-corrected chi connectivity index (χ0v) is 19.1. The van der Waals surface area contributed by atoms with Crippen LogP contribution in [0.5, 0.6) is 11.5 Å². The molecule has 0 bridgehead atoms. The van der Waals surface area contributed by atoms with Gasteiger partial charge in [-0.3, -0.25) is 9.10 Å². The maximum atomic E-state index is 13.2. The summed E-state index contributed by atoms with van der Waals surface area (Å²) in [5.41, 5.74) is 2.19. The summed E-state index contributed by atoms with van der Waals surface area (Å²) in [6.45, 7) is 2.43. The lowest BCUT2D eigenvalue weighted by Gasteiger charge is -2.34. The van der Waals surface area contributed by atoms with E-state index in [1.54, 1.807) is 48.5 Å². The van der Waals surface area contributed by atoms with Gasteiger partial charge in [0, 0.05) is 0 Å². The Morgan fingerprint density at radius 1 is 1.06 bits per heavy atom. The molecule has 8 heteroatoms. The van der Waals surface area contributed by atoms with Crippen molar-refractivity contribution >= 4 is 21.6 Å². The van der Waals surface area contributed by atoms with Crippen molar-refractivity contribution in [1.82, 2.24) is 5.32 Å². The first-order chi connectivity index (χ1) is 15.9. The number of rotatable bonds is 8. The van der Waals surface area contributed by atoms with E-state index in [4.69, 9.17) is 9.47 Å². The zero-order chi connectivity index (χ0) is 23.3. The monoisotopic (exact) mass is 466 g/mol. The molecule has 4 rings (SSSR count). The third-order valence-electron chi connectivity index (χ3n) is 5.21. The van der Waals surface area contributed by atoms with Gasteiger partial charge in [0.05, 0.1) is 24.5 Å². The minimum Gasteiger partial charge on any atom is -0.492 e. The summed E-state index contributed by atoms with van der Waals surface area (Å²) in [6, 6.07) is 23.5. The summed E-state index contributed by atoms with van der Waals surface area (Å²) in [5, 5.41) is 2.78. The van der Waals surface area contributed by atoms with E-state index in [1.807, 2.05) is 37.3 Å². The summed E-state index contributed by atoms with van der Waals surface area (Å²) in [5.74, 6) is 0.528. The van der Waals surface area contributed by atoms with Crippen molar-refractivity contribution in [3.8, 4) is 11.5 Å². The van der Waals surface area contributed by atoms with E-state index in [0.29, 0.717) is 17.0 Å². The molecule has 0 radical (unpaired) electrons.